The van der Waals surface area contributed by atoms with Crippen molar-refractivity contribution < 1.29 is 14.6 Å². The predicted octanol–water partition coefficient (Wildman–Crippen LogP) is 2.06. The van der Waals surface area contributed by atoms with E-state index in [1.165, 1.54) is 0 Å². The van der Waals surface area contributed by atoms with Gasteiger partial charge in [0, 0.05) is 13.0 Å². The van der Waals surface area contributed by atoms with Gasteiger partial charge in [-0.3, -0.25) is 4.79 Å². The van der Waals surface area contributed by atoms with Gasteiger partial charge in [-0.2, -0.15) is 0 Å². The van der Waals surface area contributed by atoms with Crippen LogP contribution in [0.5, 0.6) is 0 Å². The Hall–Kier alpha value is -0.570. The van der Waals surface area contributed by atoms with Gasteiger partial charge in [0.2, 0.25) is 0 Å². The summed E-state index contributed by atoms with van der Waals surface area (Å²) in [6.45, 7) is 4.68. The van der Waals surface area contributed by atoms with E-state index in [0.29, 0.717) is 13.0 Å². The molecule has 0 aromatic rings. The number of ether oxygens (including phenoxy) is 1. The van der Waals surface area contributed by atoms with Crippen LogP contribution in [0.1, 0.15) is 39.5 Å². The first-order valence-electron chi connectivity index (χ1n) is 4.54. The normalized spacial score (nSPS) is 12.8. The van der Waals surface area contributed by atoms with Gasteiger partial charge in [0.25, 0.3) is 0 Å². The Morgan fingerprint density at radius 2 is 2.08 bits per heavy atom. The van der Waals surface area contributed by atoms with Crippen molar-refractivity contribution in [2.75, 3.05) is 6.61 Å². The molecule has 0 aromatic heterocycles. The van der Waals surface area contributed by atoms with E-state index in [9.17, 15) is 4.79 Å². The van der Waals surface area contributed by atoms with Crippen molar-refractivity contribution >= 4 is 5.97 Å². The number of hydrogen-bond acceptors (Lipinski definition) is 2. The molecule has 12 heavy (non-hydrogen) atoms. The smallest absolute Gasteiger partial charge is 0.303 e. The van der Waals surface area contributed by atoms with E-state index < -0.39 is 5.97 Å². The van der Waals surface area contributed by atoms with Crippen LogP contribution in [0.15, 0.2) is 0 Å². The fourth-order valence-electron chi connectivity index (χ4n) is 1.15. The Morgan fingerprint density at radius 3 is 2.50 bits per heavy atom. The van der Waals surface area contributed by atoms with E-state index in [1.807, 2.05) is 6.92 Å². The average Bonchev–Trinajstić information content (AvgIpc) is 2.01. The summed E-state index contributed by atoms with van der Waals surface area (Å²) in [5.74, 6) is -0.740. The van der Waals surface area contributed by atoms with Crippen LogP contribution in [0.4, 0.5) is 0 Å². The van der Waals surface area contributed by atoms with Gasteiger partial charge in [0.05, 0.1) is 6.10 Å². The molecule has 1 unspecified atom stereocenters. The lowest BCUT2D eigenvalue weighted by Gasteiger charge is -2.14. The minimum absolute atomic E-state index is 0.135. The lowest BCUT2D eigenvalue weighted by Crippen LogP contribution is -2.14. The zero-order valence-corrected chi connectivity index (χ0v) is 7.88. The molecule has 0 aromatic carbocycles. The minimum Gasteiger partial charge on any atom is -0.481 e. The summed E-state index contributed by atoms with van der Waals surface area (Å²) in [6, 6.07) is 0. The summed E-state index contributed by atoms with van der Waals surface area (Å²) in [6.07, 6.45) is 2.99. The van der Waals surface area contributed by atoms with E-state index in [-0.39, 0.29) is 12.5 Å². The summed E-state index contributed by atoms with van der Waals surface area (Å²) in [5.41, 5.74) is 0. The van der Waals surface area contributed by atoms with Gasteiger partial charge >= 0.3 is 5.97 Å². The quantitative estimate of drug-likeness (QED) is 0.642. The van der Waals surface area contributed by atoms with Crippen LogP contribution in [-0.2, 0) is 9.53 Å². The van der Waals surface area contributed by atoms with Crippen molar-refractivity contribution in [2.45, 2.75) is 45.6 Å². The van der Waals surface area contributed by atoms with Crippen molar-refractivity contribution in [2.24, 2.45) is 0 Å². The fourth-order valence-corrected chi connectivity index (χ4v) is 1.15. The standard InChI is InChI=1S/C9H18O3/c1-3-5-8(12-4-2)6-7-9(10)11/h8H,3-7H2,1-2H3,(H,10,11). The maximum Gasteiger partial charge on any atom is 0.303 e. The monoisotopic (exact) mass is 174 g/mol. The number of hydrogen-bond donors (Lipinski definition) is 1. The average molecular weight is 174 g/mol. The molecule has 1 atom stereocenters. The lowest BCUT2D eigenvalue weighted by atomic mass is 10.1. The first-order valence-corrected chi connectivity index (χ1v) is 4.54. The first-order chi connectivity index (χ1) is 5.70. The summed E-state index contributed by atoms with van der Waals surface area (Å²) in [5, 5.41) is 8.44. The number of rotatable bonds is 7. The first kappa shape index (κ1) is 11.4. The molecule has 0 amide bonds. The van der Waals surface area contributed by atoms with Crippen LogP contribution in [0.2, 0.25) is 0 Å². The summed E-state index contributed by atoms with van der Waals surface area (Å²) < 4.78 is 5.37. The van der Waals surface area contributed by atoms with E-state index in [4.69, 9.17) is 9.84 Å². The highest BCUT2D eigenvalue weighted by Gasteiger charge is 2.08. The van der Waals surface area contributed by atoms with Crippen LogP contribution in [-0.4, -0.2) is 23.8 Å². The van der Waals surface area contributed by atoms with Crippen LogP contribution in [0, 0.1) is 0 Å². The molecule has 0 aliphatic rings. The number of carbonyl (C=O) groups is 1. The Morgan fingerprint density at radius 1 is 1.42 bits per heavy atom. The van der Waals surface area contributed by atoms with Crippen LogP contribution in [0.25, 0.3) is 0 Å². The summed E-state index contributed by atoms with van der Waals surface area (Å²) in [4.78, 5) is 10.3. The Kier molecular flexibility index (Phi) is 6.76. The van der Waals surface area contributed by atoms with Crippen molar-refractivity contribution in [3.05, 3.63) is 0 Å². The van der Waals surface area contributed by atoms with Gasteiger partial charge in [0.15, 0.2) is 0 Å². The molecule has 0 rings (SSSR count). The van der Waals surface area contributed by atoms with Gasteiger partial charge in [-0.05, 0) is 19.8 Å². The van der Waals surface area contributed by atoms with E-state index in [1.54, 1.807) is 0 Å². The zero-order valence-electron chi connectivity index (χ0n) is 7.88. The molecular weight excluding hydrogens is 156 g/mol. The highest BCUT2D eigenvalue weighted by Crippen LogP contribution is 2.08. The van der Waals surface area contributed by atoms with Crippen LogP contribution >= 0.6 is 0 Å². The number of carboxylic acids is 1. The molecule has 0 saturated heterocycles. The molecule has 0 fully saturated rings. The second-order valence-electron chi connectivity index (χ2n) is 2.80. The predicted molar refractivity (Wildman–Crippen MR) is 47.2 cm³/mol. The lowest BCUT2D eigenvalue weighted by molar-refractivity contribution is -0.137. The van der Waals surface area contributed by atoms with Gasteiger partial charge in [0.1, 0.15) is 0 Å². The van der Waals surface area contributed by atoms with Crippen LogP contribution in [0.3, 0.4) is 0 Å². The Labute approximate surface area is 73.7 Å². The molecule has 0 saturated carbocycles. The molecule has 0 aliphatic carbocycles. The topological polar surface area (TPSA) is 46.5 Å². The highest BCUT2D eigenvalue weighted by molar-refractivity contribution is 5.66. The van der Waals surface area contributed by atoms with Gasteiger partial charge in [-0.1, -0.05) is 13.3 Å². The molecule has 3 heteroatoms. The maximum absolute atomic E-state index is 10.3. The molecule has 0 radical (unpaired) electrons. The van der Waals surface area contributed by atoms with Crippen molar-refractivity contribution in [3.8, 4) is 0 Å². The molecule has 0 heterocycles. The van der Waals surface area contributed by atoms with Crippen LogP contribution < -0.4 is 0 Å². The molecule has 3 nitrogen and oxygen atoms in total. The molecule has 72 valence electrons. The molecule has 0 spiro atoms. The second kappa shape index (κ2) is 7.10. The van der Waals surface area contributed by atoms with E-state index in [0.717, 1.165) is 12.8 Å². The molecule has 0 aliphatic heterocycles. The largest absolute Gasteiger partial charge is 0.481 e. The molecule has 0 bridgehead atoms. The second-order valence-corrected chi connectivity index (χ2v) is 2.80. The number of carboxylic acid groups (broad SMARTS) is 1. The number of aliphatic carboxylic acids is 1. The van der Waals surface area contributed by atoms with E-state index in [2.05, 4.69) is 6.92 Å². The van der Waals surface area contributed by atoms with Gasteiger partial charge in [-0.25, -0.2) is 0 Å². The third-order valence-corrected chi connectivity index (χ3v) is 1.69. The van der Waals surface area contributed by atoms with Crippen molar-refractivity contribution in [1.82, 2.24) is 0 Å². The Bertz CT molecular complexity index is 117. The summed E-state index contributed by atoms with van der Waals surface area (Å²) >= 11 is 0. The Balaban J connectivity index is 3.54. The highest BCUT2D eigenvalue weighted by atomic mass is 16.5. The fraction of sp³-hybridized carbons (Fsp3) is 0.889. The SMILES string of the molecule is CCCC(CCC(=O)O)OCC. The third kappa shape index (κ3) is 6.16. The maximum atomic E-state index is 10.3. The van der Waals surface area contributed by atoms with Crippen molar-refractivity contribution in [3.63, 3.8) is 0 Å². The van der Waals surface area contributed by atoms with E-state index >= 15 is 0 Å². The molecule has 1 N–H and O–H groups in total. The van der Waals surface area contributed by atoms with Gasteiger partial charge < -0.3 is 9.84 Å². The zero-order chi connectivity index (χ0) is 9.40. The third-order valence-electron chi connectivity index (χ3n) is 1.69. The summed E-state index contributed by atoms with van der Waals surface area (Å²) in [7, 11) is 0. The molecular formula is C9H18O3. The van der Waals surface area contributed by atoms with Gasteiger partial charge in [-0.15, -0.1) is 0 Å². The van der Waals surface area contributed by atoms with Crippen molar-refractivity contribution in [1.29, 1.82) is 0 Å². The minimum atomic E-state index is -0.740.